The van der Waals surface area contributed by atoms with Gasteiger partial charge in [-0.1, -0.05) is 13.8 Å². The van der Waals surface area contributed by atoms with E-state index in [1.54, 1.807) is 79.2 Å². The van der Waals surface area contributed by atoms with Gasteiger partial charge in [0.15, 0.2) is 57.7 Å². The molecule has 135 heavy (non-hydrogen) atoms. The van der Waals surface area contributed by atoms with E-state index in [2.05, 4.69) is 80.4 Å². The second-order valence-corrected chi connectivity index (χ2v) is 47.3. The molecule has 0 bridgehead atoms. The number of nitrogens with one attached hydrogen (secondary N) is 3. The highest BCUT2D eigenvalue weighted by atomic mass is 31.2. The lowest BCUT2D eigenvalue weighted by atomic mass is 10.1. The van der Waals surface area contributed by atoms with Crippen molar-refractivity contribution in [2.24, 2.45) is 16.5 Å². The van der Waals surface area contributed by atoms with Crippen molar-refractivity contribution in [3.8, 4) is 0 Å². The highest BCUT2D eigenvalue weighted by Gasteiger charge is 2.52. The predicted molar refractivity (Wildman–Crippen MR) is 489 cm³/mol. The average molecular weight is 1990 g/mol. The fourth-order valence-electron chi connectivity index (χ4n) is 16.2. The van der Waals surface area contributed by atoms with Gasteiger partial charge in [0.1, 0.15) is 78.4 Å². The summed E-state index contributed by atoms with van der Waals surface area (Å²) in [6.45, 7) is -0.0873. The Kier molecular flexibility index (Phi) is 31.2. The summed E-state index contributed by atoms with van der Waals surface area (Å²) in [6.07, 6.45) is -0.268. The number of aromatic nitrogens is 18. The van der Waals surface area contributed by atoms with Gasteiger partial charge in [-0.3, -0.25) is 74.8 Å². The Morgan fingerprint density at radius 3 is 1.22 bits per heavy atom. The predicted octanol–water partition coefficient (Wildman–Crippen LogP) is -1.07. The standard InChI is InChI=1S/C72H115N38O20P5/c1-42(2)131(116,96(4)5)121-30-45-21-102(26-53(127-45)107-38-88-57-61(74)82-35-85-64(57)107)133(118,98(8)9)123-32-46-22-103(27-54(128-46)108-39-89-58-62(75)83-36-86-65(58)108)134(119,99(10)11)124-33-47-23-104(28-55(129-47)109-40-90-59-63(76)84-37-87-66(59)109)135(120,100(12)13)125-34-48-24-105(29-56(130-48)110-41-91-60-67(110)94-71(79)95-69(60)114)132(117,97(6)7)122-31-44-20-101(25-52(126-44)106-18-16-50(73)93-72(106)115)51(112)19-81-68(113)49(92-43(3)111)15-14-17-80-70(77)78/h16,18,35-42,44-49,52-56H,14-15,17,19-34H2,1-13H3,(H,81,113)(H,92,111)(H2,73,93,115)(H2,74,82,85)(H2,75,83,86)(H2,76,84,87)(H4,77,78,80)(H3,79,94,95,114)/t44-,45-,46-,47-,48-,49-,52+,53+,54+,55+,56+,131?,132?,133?,134?,135?/m0/s1. The van der Waals surface area contributed by atoms with E-state index in [1.807, 2.05) is 0 Å². The number of carbonyl (C=O) groups is 3. The first-order valence-electron chi connectivity index (χ1n) is 42.6. The van der Waals surface area contributed by atoms with Crippen LogP contribution >= 0.6 is 38.2 Å². The number of morpholine rings is 5. The molecule has 16 atom stereocenters. The van der Waals surface area contributed by atoms with E-state index in [9.17, 15) is 28.5 Å². The molecule has 9 aromatic heterocycles. The summed E-state index contributed by atoms with van der Waals surface area (Å²) >= 11 is 0. The number of imidazole rings is 4. The monoisotopic (exact) mass is 1990 g/mol. The normalized spacial score (nSPS) is 24.2. The Labute approximate surface area is 772 Å². The minimum Gasteiger partial charge on any atom is -0.383 e. The first kappa shape index (κ1) is 101. The number of hydrogen-bond donors (Lipinski definition) is 10. The fourth-order valence-corrected chi connectivity index (χ4v) is 26.0. The molecule has 63 heteroatoms. The maximum Gasteiger partial charge on any atom is 0.351 e. The van der Waals surface area contributed by atoms with Crippen LogP contribution in [-0.4, -0.2) is 383 Å². The van der Waals surface area contributed by atoms with Gasteiger partial charge in [-0.25, -0.2) is 96.7 Å². The fraction of sp³-hybridized carbons (Fsp3) is 0.611. The van der Waals surface area contributed by atoms with Crippen LogP contribution in [0, 0.1) is 0 Å². The molecule has 0 saturated carbocycles. The molecule has 5 saturated heterocycles. The molecule has 5 fully saturated rings. The van der Waals surface area contributed by atoms with Gasteiger partial charge in [-0.05, 0) is 89.4 Å². The van der Waals surface area contributed by atoms with Gasteiger partial charge in [0.05, 0.1) is 122 Å². The SMILES string of the molecule is CC(=O)N[C@@H](CCCN=C(N)N)C(=O)NCC(=O)N1C[C@@H](COP(=O)(N(C)C)N2C[C@@H](COP(=O)(N(C)C)N3C[C@@H](COP(=O)(N(C)C)N4C[C@@H](COP(=O)(N(C)C)N5C[C@@H](COP(=O)(C(C)C)N(C)C)O[C@@H](n6cnc7c(N)ncnc76)C5)O[C@@H](n5cnc6c(N)ncnc65)C4)O[C@@H](n4cnc5c(N)ncnc54)C3)O[C@@H](n3cnc4c(=O)[nH]c(N)nc43)C2)O[C@@H](n2ccc(N)nc2=O)C1. The number of H-pyrrole nitrogens is 1. The van der Waals surface area contributed by atoms with Gasteiger partial charge in [-0.2, -0.15) is 9.97 Å². The molecule has 14 heterocycles. The van der Waals surface area contributed by atoms with Gasteiger partial charge < -0.3 is 102 Å². The number of aromatic amines is 1. The Morgan fingerprint density at radius 1 is 0.489 bits per heavy atom. The maximum atomic E-state index is 16.7. The van der Waals surface area contributed by atoms with Crippen LogP contribution in [-0.2, 0) is 83.5 Å². The minimum atomic E-state index is -4.49. The molecule has 738 valence electrons. The number of anilines is 5. The van der Waals surface area contributed by atoms with E-state index in [0.717, 1.165) is 4.57 Å². The van der Waals surface area contributed by atoms with Crippen LogP contribution in [0.25, 0.3) is 44.7 Å². The number of nitrogens with zero attached hydrogens (tertiary/aromatic N) is 28. The number of carbonyl (C=O) groups excluding carboxylic acids is 3. The molecule has 0 aliphatic carbocycles. The largest absolute Gasteiger partial charge is 0.383 e. The van der Waals surface area contributed by atoms with Crippen LogP contribution in [0.3, 0.4) is 0 Å². The average Bonchev–Trinajstić information content (AvgIpc) is 1.75. The Hall–Kier alpha value is -10.1. The third-order valence-corrected chi connectivity index (χ3v) is 36.0. The molecule has 58 nitrogen and oxygen atoms in total. The second-order valence-electron chi connectivity index (χ2n) is 33.7. The molecule has 5 aliphatic heterocycles. The molecule has 0 aromatic carbocycles. The summed E-state index contributed by atoms with van der Waals surface area (Å²) in [5.74, 6) is -2.21. The lowest BCUT2D eigenvalue weighted by molar-refractivity contribution is -0.159. The van der Waals surface area contributed by atoms with E-state index in [0.29, 0.717) is 5.65 Å². The Morgan fingerprint density at radius 2 is 0.859 bits per heavy atom. The smallest absolute Gasteiger partial charge is 0.351 e. The molecular weight excluding hydrogens is 1870 g/mol. The van der Waals surface area contributed by atoms with Crippen molar-refractivity contribution < 1.29 is 83.5 Å². The van der Waals surface area contributed by atoms with Gasteiger partial charge in [0.2, 0.25) is 23.7 Å². The zero-order chi connectivity index (χ0) is 97.2. The molecule has 0 radical (unpaired) electrons. The number of ether oxygens (including phenoxy) is 5. The van der Waals surface area contributed by atoms with E-state index in [-0.39, 0.29) is 166 Å². The summed E-state index contributed by atoms with van der Waals surface area (Å²) in [4.78, 5) is 127. The van der Waals surface area contributed by atoms with Gasteiger partial charge in [0.25, 0.3) is 13.1 Å². The lowest BCUT2D eigenvalue weighted by Gasteiger charge is -2.46. The second kappa shape index (κ2) is 41.7. The van der Waals surface area contributed by atoms with Crippen LogP contribution in [0.1, 0.15) is 64.8 Å². The van der Waals surface area contributed by atoms with E-state index >= 15 is 18.3 Å². The summed E-state index contributed by atoms with van der Waals surface area (Å²) in [5, 5.41) is 5.17. The van der Waals surface area contributed by atoms with Crippen molar-refractivity contribution in [3.63, 3.8) is 0 Å². The summed E-state index contributed by atoms with van der Waals surface area (Å²) in [6, 6.07) is 0.264. The molecule has 17 N–H and O–H groups in total. The number of nitrogen functional groups attached to an aromatic ring is 5. The minimum absolute atomic E-state index is 0.0339. The van der Waals surface area contributed by atoms with Crippen molar-refractivity contribution in [2.45, 2.75) is 107 Å². The summed E-state index contributed by atoms with van der Waals surface area (Å²) in [7, 11) is -5.44. The maximum absolute atomic E-state index is 16.7. The van der Waals surface area contributed by atoms with Gasteiger partial charge in [0, 0.05) is 58.0 Å². The zero-order valence-corrected chi connectivity index (χ0v) is 81.0. The quantitative estimate of drug-likeness (QED) is 0.00953. The van der Waals surface area contributed by atoms with Gasteiger partial charge in [-0.15, -0.1) is 0 Å². The third kappa shape index (κ3) is 21.8. The zero-order valence-electron chi connectivity index (χ0n) is 76.5. The molecule has 5 aliphatic rings. The van der Waals surface area contributed by atoms with Crippen LogP contribution in [0.2, 0.25) is 0 Å². The Balaban J connectivity index is 0.739. The van der Waals surface area contributed by atoms with Crippen molar-refractivity contribution >= 4 is 136 Å². The number of rotatable bonds is 38. The van der Waals surface area contributed by atoms with Crippen molar-refractivity contribution in [2.75, 3.05) is 211 Å². The van der Waals surface area contributed by atoms with Crippen LogP contribution in [0.15, 0.2) is 71.1 Å². The molecule has 14 rings (SSSR count). The lowest BCUT2D eigenvalue weighted by Crippen LogP contribution is -2.54. The molecule has 0 spiro atoms. The molecule has 3 amide bonds. The molecule has 5 unspecified atom stereocenters. The van der Waals surface area contributed by atoms with Crippen molar-refractivity contribution in [1.82, 2.24) is 145 Å². The van der Waals surface area contributed by atoms with Crippen molar-refractivity contribution in [1.29, 1.82) is 0 Å². The number of hydrogen-bond acceptors (Lipinski definition) is 38. The number of aliphatic imine (C=N–C) groups is 1. The van der Waals surface area contributed by atoms with Crippen LogP contribution in [0.5, 0.6) is 0 Å². The highest BCUT2D eigenvalue weighted by Crippen LogP contribution is 2.61. The first-order valence-corrected chi connectivity index (χ1v) is 50.4. The highest BCUT2D eigenvalue weighted by molar-refractivity contribution is 7.57. The topological polar surface area (TPSA) is 709 Å². The number of guanidine groups is 1. The van der Waals surface area contributed by atoms with E-state index in [1.165, 1.54) is 134 Å². The summed E-state index contributed by atoms with van der Waals surface area (Å²) < 4.78 is 168. The third-order valence-electron chi connectivity index (χ3n) is 22.9. The van der Waals surface area contributed by atoms with E-state index < -0.39 is 174 Å². The van der Waals surface area contributed by atoms with Crippen LogP contribution < -0.4 is 62.0 Å². The summed E-state index contributed by atoms with van der Waals surface area (Å²) in [5.41, 5.74) is 41.4. The van der Waals surface area contributed by atoms with Gasteiger partial charge >= 0.3 is 36.4 Å². The first-order chi connectivity index (χ1) is 64.0. The number of fused-ring (bicyclic) bond motifs is 4. The number of amides is 3. The molecular formula is C72H115N38O20P5. The van der Waals surface area contributed by atoms with E-state index in [4.69, 9.17) is 86.4 Å². The number of nitrogens with two attached hydrogens (primary N) is 7. The van der Waals surface area contributed by atoms with Crippen molar-refractivity contribution in [3.05, 3.63) is 77.4 Å². The molecule has 9 aromatic rings. The Bertz CT molecular complexity index is 6180. The van der Waals surface area contributed by atoms with Crippen LogP contribution in [0.4, 0.5) is 29.2 Å².